The average Bonchev–Trinajstić information content (AvgIpc) is 3.24. The molecule has 18 heavy (non-hydrogen) atoms. The molecule has 4 heteroatoms. The van der Waals surface area contributed by atoms with Gasteiger partial charge in [-0.25, -0.2) is 0 Å². The van der Waals surface area contributed by atoms with E-state index >= 15 is 0 Å². The second kappa shape index (κ2) is 6.02. The van der Waals surface area contributed by atoms with Crippen LogP contribution in [0.4, 0.5) is 0 Å². The summed E-state index contributed by atoms with van der Waals surface area (Å²) < 4.78 is 0. The Hall–Kier alpha value is -0.610. The van der Waals surface area contributed by atoms with Gasteiger partial charge in [0.2, 0.25) is 5.91 Å². The molecule has 0 aromatic carbocycles. The van der Waals surface area contributed by atoms with Gasteiger partial charge in [-0.2, -0.15) is 0 Å². The maximum absolute atomic E-state index is 12.3. The van der Waals surface area contributed by atoms with Crippen LogP contribution in [0.3, 0.4) is 0 Å². The summed E-state index contributed by atoms with van der Waals surface area (Å²) in [6, 6.07) is 0.489. The molecule has 0 bridgehead atoms. The molecule has 1 aliphatic heterocycles. The van der Waals surface area contributed by atoms with E-state index in [9.17, 15) is 4.79 Å². The first-order valence-electron chi connectivity index (χ1n) is 7.40. The number of piperazine rings is 1. The largest absolute Gasteiger partial charge is 0.340 e. The molecule has 2 aliphatic rings. The quantitative estimate of drug-likeness (QED) is 0.792. The Kier molecular flexibility index (Phi) is 4.62. The van der Waals surface area contributed by atoms with Gasteiger partial charge in [-0.3, -0.25) is 9.69 Å². The number of hydrogen-bond donors (Lipinski definition) is 1. The van der Waals surface area contributed by atoms with Gasteiger partial charge < -0.3 is 10.6 Å². The van der Waals surface area contributed by atoms with Gasteiger partial charge in [-0.15, -0.1) is 0 Å². The molecule has 2 atom stereocenters. The molecule has 4 nitrogen and oxygen atoms in total. The van der Waals surface area contributed by atoms with E-state index < -0.39 is 0 Å². The van der Waals surface area contributed by atoms with Crippen molar-refractivity contribution in [3.05, 3.63) is 0 Å². The van der Waals surface area contributed by atoms with E-state index in [1.807, 2.05) is 0 Å². The van der Waals surface area contributed by atoms with Gasteiger partial charge in [-0.1, -0.05) is 13.8 Å². The minimum atomic E-state index is 0.244. The van der Waals surface area contributed by atoms with Crippen molar-refractivity contribution in [3.63, 3.8) is 0 Å². The summed E-state index contributed by atoms with van der Waals surface area (Å²) in [6.07, 6.45) is 3.60. The van der Waals surface area contributed by atoms with Crippen LogP contribution in [-0.4, -0.2) is 54.5 Å². The topological polar surface area (TPSA) is 49.6 Å². The van der Waals surface area contributed by atoms with E-state index in [-0.39, 0.29) is 5.92 Å². The second-order valence-corrected chi connectivity index (χ2v) is 5.79. The Morgan fingerprint density at radius 3 is 2.33 bits per heavy atom. The van der Waals surface area contributed by atoms with Crippen LogP contribution in [-0.2, 0) is 4.79 Å². The molecule has 2 unspecified atom stereocenters. The zero-order valence-electron chi connectivity index (χ0n) is 11.8. The smallest absolute Gasteiger partial charge is 0.225 e. The Labute approximate surface area is 110 Å². The number of nitrogens with zero attached hydrogens (tertiary/aromatic N) is 2. The second-order valence-electron chi connectivity index (χ2n) is 5.79. The fourth-order valence-corrected chi connectivity index (χ4v) is 2.97. The number of nitrogens with two attached hydrogens (primary N) is 1. The molecule has 2 N–H and O–H groups in total. The summed E-state index contributed by atoms with van der Waals surface area (Å²) in [5.41, 5.74) is 5.78. The lowest BCUT2D eigenvalue weighted by molar-refractivity contribution is -0.137. The maximum atomic E-state index is 12.3. The highest BCUT2D eigenvalue weighted by molar-refractivity contribution is 5.79. The van der Waals surface area contributed by atoms with Crippen LogP contribution in [0, 0.1) is 11.8 Å². The third-order valence-electron chi connectivity index (χ3n) is 4.60. The maximum Gasteiger partial charge on any atom is 0.225 e. The molecular formula is C14H27N3O. The number of hydrogen-bond acceptors (Lipinski definition) is 3. The van der Waals surface area contributed by atoms with Crippen LogP contribution in [0.5, 0.6) is 0 Å². The van der Waals surface area contributed by atoms with Crippen molar-refractivity contribution in [2.75, 3.05) is 32.7 Å². The molecule has 104 valence electrons. The molecule has 1 amide bonds. The van der Waals surface area contributed by atoms with Crippen LogP contribution in [0.25, 0.3) is 0 Å². The van der Waals surface area contributed by atoms with Crippen LogP contribution in [0.1, 0.15) is 33.1 Å². The monoisotopic (exact) mass is 253 g/mol. The first-order valence-corrected chi connectivity index (χ1v) is 7.40. The molecule has 0 aromatic rings. The first kappa shape index (κ1) is 13.8. The Balaban J connectivity index is 1.80. The normalized spacial score (nSPS) is 24.9. The van der Waals surface area contributed by atoms with E-state index in [4.69, 9.17) is 5.73 Å². The van der Waals surface area contributed by atoms with Crippen LogP contribution in [0.2, 0.25) is 0 Å². The lowest BCUT2D eigenvalue weighted by Gasteiger charge is -2.39. The number of carbonyl (C=O) groups excluding carboxylic acids is 1. The van der Waals surface area contributed by atoms with Crippen LogP contribution >= 0.6 is 0 Å². The highest BCUT2D eigenvalue weighted by Crippen LogP contribution is 2.37. The van der Waals surface area contributed by atoms with Crippen molar-refractivity contribution in [2.45, 2.75) is 39.2 Å². The molecule has 2 rings (SSSR count). The molecule has 1 heterocycles. The zero-order valence-corrected chi connectivity index (χ0v) is 11.8. The SMILES string of the molecule is CCC(CN)N1CCN(C(=O)C(C)C2CC2)CC1. The van der Waals surface area contributed by atoms with Gasteiger partial charge in [0, 0.05) is 44.7 Å². The van der Waals surface area contributed by atoms with Crippen molar-refractivity contribution < 1.29 is 4.79 Å². The van der Waals surface area contributed by atoms with Gasteiger partial charge in [0.25, 0.3) is 0 Å². The minimum Gasteiger partial charge on any atom is -0.340 e. The number of amides is 1. The van der Waals surface area contributed by atoms with E-state index in [1.165, 1.54) is 12.8 Å². The van der Waals surface area contributed by atoms with Crippen molar-refractivity contribution in [1.82, 2.24) is 9.80 Å². The Morgan fingerprint density at radius 2 is 1.89 bits per heavy atom. The highest BCUT2D eigenvalue weighted by Gasteiger charge is 2.36. The van der Waals surface area contributed by atoms with Gasteiger partial charge in [0.05, 0.1) is 0 Å². The van der Waals surface area contributed by atoms with Crippen molar-refractivity contribution in [1.29, 1.82) is 0 Å². The predicted molar refractivity (Wildman–Crippen MR) is 73.2 cm³/mol. The zero-order chi connectivity index (χ0) is 13.1. The van der Waals surface area contributed by atoms with E-state index in [1.54, 1.807) is 0 Å². The molecule has 1 saturated carbocycles. The summed E-state index contributed by atoms with van der Waals surface area (Å²) in [5, 5.41) is 0. The summed E-state index contributed by atoms with van der Waals surface area (Å²) >= 11 is 0. The molecule has 2 fully saturated rings. The Bertz CT molecular complexity index is 279. The molecule has 0 aromatic heterocycles. The number of carbonyl (C=O) groups is 1. The summed E-state index contributed by atoms with van der Waals surface area (Å²) in [6.45, 7) is 8.74. The van der Waals surface area contributed by atoms with E-state index in [0.29, 0.717) is 17.9 Å². The van der Waals surface area contributed by atoms with Crippen LogP contribution in [0.15, 0.2) is 0 Å². The lowest BCUT2D eigenvalue weighted by atomic mass is 10.0. The summed E-state index contributed by atoms with van der Waals surface area (Å²) in [5.74, 6) is 1.29. The third kappa shape index (κ3) is 3.04. The van der Waals surface area contributed by atoms with Gasteiger partial charge in [0.1, 0.15) is 0 Å². The van der Waals surface area contributed by atoms with E-state index in [0.717, 1.165) is 39.1 Å². The predicted octanol–water partition coefficient (Wildman–Crippen LogP) is 0.914. The molecule has 1 aliphatic carbocycles. The minimum absolute atomic E-state index is 0.244. The van der Waals surface area contributed by atoms with Crippen molar-refractivity contribution in [3.8, 4) is 0 Å². The highest BCUT2D eigenvalue weighted by atomic mass is 16.2. The fourth-order valence-electron chi connectivity index (χ4n) is 2.97. The van der Waals surface area contributed by atoms with E-state index in [2.05, 4.69) is 23.6 Å². The van der Waals surface area contributed by atoms with Crippen molar-refractivity contribution >= 4 is 5.91 Å². The average molecular weight is 253 g/mol. The van der Waals surface area contributed by atoms with Gasteiger partial charge in [0.15, 0.2) is 0 Å². The molecule has 0 radical (unpaired) electrons. The van der Waals surface area contributed by atoms with Gasteiger partial charge >= 0.3 is 0 Å². The standard InChI is InChI=1S/C14H27N3O/c1-3-13(10-15)16-6-8-17(9-7-16)14(18)11(2)12-4-5-12/h11-13H,3-10,15H2,1-2H3. The number of rotatable bonds is 5. The molecule has 0 spiro atoms. The Morgan fingerprint density at radius 1 is 1.28 bits per heavy atom. The lowest BCUT2D eigenvalue weighted by Crippen LogP contribution is -2.54. The van der Waals surface area contributed by atoms with Crippen LogP contribution < -0.4 is 5.73 Å². The van der Waals surface area contributed by atoms with Gasteiger partial charge in [-0.05, 0) is 25.2 Å². The third-order valence-corrected chi connectivity index (χ3v) is 4.60. The first-order chi connectivity index (χ1) is 8.67. The fraction of sp³-hybridized carbons (Fsp3) is 0.929. The molecular weight excluding hydrogens is 226 g/mol. The van der Waals surface area contributed by atoms with Crippen molar-refractivity contribution in [2.24, 2.45) is 17.6 Å². The molecule has 1 saturated heterocycles. The summed E-state index contributed by atoms with van der Waals surface area (Å²) in [7, 11) is 0. The summed E-state index contributed by atoms with van der Waals surface area (Å²) in [4.78, 5) is 16.8.